The molecule has 0 aliphatic rings. The molecule has 9 heteroatoms. The van der Waals surface area contributed by atoms with Crippen molar-refractivity contribution in [2.45, 2.75) is 11.3 Å². The fourth-order valence-corrected chi connectivity index (χ4v) is 4.09. The van der Waals surface area contributed by atoms with Gasteiger partial charge in [0.25, 0.3) is 5.56 Å². The maximum atomic E-state index is 12.6. The van der Waals surface area contributed by atoms with Gasteiger partial charge in [0.2, 0.25) is 5.88 Å². The smallest absolute Gasteiger partial charge is 0.271 e. The van der Waals surface area contributed by atoms with Crippen LogP contribution in [-0.2, 0) is 16.3 Å². The van der Waals surface area contributed by atoms with E-state index in [0.717, 1.165) is 11.8 Å². The molecule has 32 heavy (non-hydrogen) atoms. The number of halogens is 1. The number of rotatable bonds is 6. The van der Waals surface area contributed by atoms with Crippen molar-refractivity contribution in [3.63, 3.8) is 0 Å². The lowest BCUT2D eigenvalue weighted by atomic mass is 10.0. The molecule has 0 atom stereocenters. The number of benzene rings is 2. The van der Waals surface area contributed by atoms with Crippen LogP contribution in [-0.4, -0.2) is 29.4 Å². The van der Waals surface area contributed by atoms with Gasteiger partial charge in [0.15, 0.2) is 9.84 Å². The summed E-state index contributed by atoms with van der Waals surface area (Å²) in [7, 11) is -3.72. The van der Waals surface area contributed by atoms with Gasteiger partial charge in [0, 0.05) is 30.8 Å². The van der Waals surface area contributed by atoms with E-state index in [9.17, 15) is 13.2 Å². The number of sulfone groups is 1. The second-order valence-corrected chi connectivity index (χ2v) is 9.47. The number of hydrogen-bond donors (Lipinski definition) is 0. The first-order chi connectivity index (χ1) is 15.3. The van der Waals surface area contributed by atoms with Gasteiger partial charge in [-0.15, -0.1) is 0 Å². The molecule has 4 aromatic rings. The zero-order valence-corrected chi connectivity index (χ0v) is 18.5. The Hall–Kier alpha value is -3.49. The van der Waals surface area contributed by atoms with E-state index in [0.29, 0.717) is 22.7 Å². The summed E-state index contributed by atoms with van der Waals surface area (Å²) in [4.78, 5) is 16.5. The summed E-state index contributed by atoms with van der Waals surface area (Å²) in [6.45, 7) is 0. The molecule has 0 saturated carbocycles. The van der Waals surface area contributed by atoms with Gasteiger partial charge in [-0.3, -0.25) is 4.79 Å². The Morgan fingerprint density at radius 1 is 1.03 bits per heavy atom. The van der Waals surface area contributed by atoms with E-state index in [4.69, 9.17) is 16.3 Å². The van der Waals surface area contributed by atoms with Gasteiger partial charge in [0.1, 0.15) is 10.6 Å². The Labute approximate surface area is 189 Å². The lowest BCUT2D eigenvalue weighted by Crippen LogP contribution is -2.21. The molecule has 0 amide bonds. The van der Waals surface area contributed by atoms with E-state index in [1.165, 1.54) is 35.3 Å². The first kappa shape index (κ1) is 21.7. The lowest BCUT2D eigenvalue weighted by molar-refractivity contribution is 0.448. The first-order valence-electron chi connectivity index (χ1n) is 9.56. The van der Waals surface area contributed by atoms with Crippen molar-refractivity contribution in [2.75, 3.05) is 6.26 Å². The van der Waals surface area contributed by atoms with E-state index < -0.39 is 9.84 Å². The number of aromatic nitrogens is 3. The Morgan fingerprint density at radius 3 is 2.47 bits per heavy atom. The average Bonchev–Trinajstić information content (AvgIpc) is 2.76. The molecule has 0 fully saturated rings. The minimum atomic E-state index is -3.72. The van der Waals surface area contributed by atoms with Gasteiger partial charge in [0.05, 0.1) is 10.7 Å². The number of ether oxygens (including phenoxy) is 1. The predicted octanol–water partition coefficient (Wildman–Crippen LogP) is 4.07. The van der Waals surface area contributed by atoms with E-state index >= 15 is 0 Å². The molecule has 7 nitrogen and oxygen atoms in total. The van der Waals surface area contributed by atoms with Crippen LogP contribution in [0.2, 0.25) is 5.02 Å². The van der Waals surface area contributed by atoms with Crippen LogP contribution in [0.3, 0.4) is 0 Å². The second kappa shape index (κ2) is 8.94. The van der Waals surface area contributed by atoms with Crippen LogP contribution in [0, 0.1) is 0 Å². The highest BCUT2D eigenvalue weighted by Crippen LogP contribution is 2.33. The molecule has 4 rings (SSSR count). The third kappa shape index (κ3) is 4.87. The number of hydrogen-bond acceptors (Lipinski definition) is 6. The minimum Gasteiger partial charge on any atom is -0.438 e. The molecule has 0 saturated heterocycles. The molecule has 0 aliphatic heterocycles. The summed E-state index contributed by atoms with van der Waals surface area (Å²) >= 11 is 5.88. The van der Waals surface area contributed by atoms with Gasteiger partial charge in [-0.25, -0.2) is 13.4 Å². The fraction of sp³-hybridized carbons (Fsp3) is 0.0870. The number of pyridine rings is 1. The predicted molar refractivity (Wildman–Crippen MR) is 122 cm³/mol. The van der Waals surface area contributed by atoms with Crippen LogP contribution in [0.4, 0.5) is 0 Å². The van der Waals surface area contributed by atoms with E-state index in [-0.39, 0.29) is 22.1 Å². The summed E-state index contributed by atoms with van der Waals surface area (Å²) in [6, 6.07) is 18.6. The molecule has 2 aromatic heterocycles. The van der Waals surface area contributed by atoms with Crippen LogP contribution in [0.1, 0.15) is 11.1 Å². The summed E-state index contributed by atoms with van der Waals surface area (Å²) < 4.78 is 32.2. The van der Waals surface area contributed by atoms with Crippen LogP contribution < -0.4 is 10.3 Å². The van der Waals surface area contributed by atoms with E-state index in [1.807, 2.05) is 30.3 Å². The molecular formula is C23H18ClN3O4S. The van der Waals surface area contributed by atoms with Crippen molar-refractivity contribution in [1.29, 1.82) is 0 Å². The van der Waals surface area contributed by atoms with Gasteiger partial charge in [-0.05, 0) is 41.8 Å². The molecule has 2 aromatic carbocycles. The SMILES string of the molecule is CS(=O)(=O)c1cc(-n2ncccc2=O)c(Cc2ccccc2)cc1Oc1ccc(Cl)cn1. The maximum absolute atomic E-state index is 12.6. The molecule has 0 radical (unpaired) electrons. The van der Waals surface area contributed by atoms with Crippen molar-refractivity contribution in [3.8, 4) is 17.3 Å². The molecule has 2 heterocycles. The van der Waals surface area contributed by atoms with Crippen LogP contribution in [0.5, 0.6) is 11.6 Å². The Bertz CT molecular complexity index is 1420. The van der Waals surface area contributed by atoms with Crippen molar-refractivity contribution < 1.29 is 13.2 Å². The Kier molecular flexibility index (Phi) is 6.07. The first-order valence-corrected chi connectivity index (χ1v) is 11.8. The average molecular weight is 468 g/mol. The molecule has 0 N–H and O–H groups in total. The monoisotopic (exact) mass is 467 g/mol. The van der Waals surface area contributed by atoms with Crippen molar-refractivity contribution >= 4 is 21.4 Å². The maximum Gasteiger partial charge on any atom is 0.271 e. The third-order valence-electron chi connectivity index (χ3n) is 4.64. The zero-order valence-electron chi connectivity index (χ0n) is 17.0. The molecule has 0 aliphatic carbocycles. The molecular weight excluding hydrogens is 450 g/mol. The summed E-state index contributed by atoms with van der Waals surface area (Å²) in [5.41, 5.74) is 1.61. The molecule has 0 unspecified atom stereocenters. The number of nitrogens with zero attached hydrogens (tertiary/aromatic N) is 3. The highest BCUT2D eigenvalue weighted by molar-refractivity contribution is 7.90. The zero-order chi connectivity index (χ0) is 22.7. The van der Waals surface area contributed by atoms with Crippen LogP contribution >= 0.6 is 11.6 Å². The van der Waals surface area contributed by atoms with Gasteiger partial charge in [-0.2, -0.15) is 9.78 Å². The van der Waals surface area contributed by atoms with Crippen molar-refractivity contribution in [2.24, 2.45) is 0 Å². The van der Waals surface area contributed by atoms with Crippen molar-refractivity contribution in [3.05, 3.63) is 106 Å². The van der Waals surface area contributed by atoms with Gasteiger partial charge in [-0.1, -0.05) is 41.9 Å². The van der Waals surface area contributed by atoms with E-state index in [1.54, 1.807) is 18.2 Å². The van der Waals surface area contributed by atoms with Crippen molar-refractivity contribution in [1.82, 2.24) is 14.8 Å². The Balaban J connectivity index is 1.93. The summed E-state index contributed by atoms with van der Waals surface area (Å²) in [6.07, 6.45) is 4.37. The minimum absolute atomic E-state index is 0.0846. The fourth-order valence-electron chi connectivity index (χ4n) is 3.19. The second-order valence-electron chi connectivity index (χ2n) is 7.05. The topological polar surface area (TPSA) is 91.2 Å². The highest BCUT2D eigenvalue weighted by atomic mass is 35.5. The van der Waals surface area contributed by atoms with Crippen LogP contribution in [0.15, 0.2) is 88.8 Å². The normalized spacial score (nSPS) is 11.3. The van der Waals surface area contributed by atoms with E-state index in [2.05, 4.69) is 10.1 Å². The molecule has 0 spiro atoms. The highest BCUT2D eigenvalue weighted by Gasteiger charge is 2.21. The van der Waals surface area contributed by atoms with Gasteiger partial charge < -0.3 is 4.74 Å². The standard InChI is InChI=1S/C23H18ClN3O4S/c1-32(29,30)21-14-19(27-23(28)8-5-11-26-27)17(12-16-6-3-2-4-7-16)13-20(21)31-22-10-9-18(24)15-25-22/h2-11,13-15H,12H2,1H3. The Morgan fingerprint density at radius 2 is 1.81 bits per heavy atom. The summed E-state index contributed by atoms with van der Waals surface area (Å²) in [5, 5.41) is 4.57. The van der Waals surface area contributed by atoms with Gasteiger partial charge >= 0.3 is 0 Å². The summed E-state index contributed by atoms with van der Waals surface area (Å²) in [5.74, 6) is 0.286. The van der Waals surface area contributed by atoms with Crippen LogP contribution in [0.25, 0.3) is 5.69 Å². The largest absolute Gasteiger partial charge is 0.438 e. The molecule has 162 valence electrons. The third-order valence-corrected chi connectivity index (χ3v) is 5.98. The quantitative estimate of drug-likeness (QED) is 0.424. The molecule has 0 bridgehead atoms. The lowest BCUT2D eigenvalue weighted by Gasteiger charge is -2.16.